The lowest BCUT2D eigenvalue weighted by Crippen LogP contribution is -2.03. The molecule has 0 atom stereocenters. The smallest absolute Gasteiger partial charge is 0.149 e. The van der Waals surface area contributed by atoms with E-state index in [1.807, 2.05) is 12.1 Å². The van der Waals surface area contributed by atoms with Crippen LogP contribution in [0.25, 0.3) is 0 Å². The van der Waals surface area contributed by atoms with Gasteiger partial charge in [-0.25, -0.2) is 4.98 Å². The number of pyridine rings is 1. The average Bonchev–Trinajstić information content (AvgIpc) is 2.14. The van der Waals surface area contributed by atoms with Crippen LogP contribution in [0.15, 0.2) is 0 Å². The Morgan fingerprint density at radius 1 is 1.50 bits per heavy atom. The fraction of sp³-hybridized carbons (Fsp3) is 0.222. The monoisotopic (exact) mass is 206 g/mol. The fourth-order valence-electron chi connectivity index (χ4n) is 1.13. The van der Waals surface area contributed by atoms with E-state index in [2.05, 4.69) is 4.98 Å². The molecule has 1 rings (SSSR count). The molecule has 0 fully saturated rings. The van der Waals surface area contributed by atoms with Gasteiger partial charge in [0, 0.05) is 0 Å². The highest BCUT2D eigenvalue weighted by Crippen LogP contribution is 2.24. The second-order valence-electron chi connectivity index (χ2n) is 2.71. The van der Waals surface area contributed by atoms with Gasteiger partial charge < -0.3 is 5.73 Å². The Morgan fingerprint density at radius 3 is 2.64 bits per heavy atom. The minimum atomic E-state index is 0.0563. The Bertz CT molecular complexity index is 453. The van der Waals surface area contributed by atoms with Crippen LogP contribution in [0.4, 0.5) is 5.82 Å². The molecule has 1 heterocycles. The molecule has 0 bridgehead atoms. The molecule has 0 aromatic carbocycles. The number of anilines is 1. The van der Waals surface area contributed by atoms with Gasteiger partial charge in [0.15, 0.2) is 0 Å². The molecule has 0 spiro atoms. The number of nitrogen functional groups attached to an aromatic ring is 1. The normalized spacial score (nSPS) is 9.14. The maximum Gasteiger partial charge on any atom is 0.149 e. The number of halogens is 1. The highest BCUT2D eigenvalue weighted by molar-refractivity contribution is 6.30. The maximum absolute atomic E-state index is 8.82. The van der Waals surface area contributed by atoms with Crippen LogP contribution in [0.1, 0.15) is 16.7 Å². The molecule has 14 heavy (non-hydrogen) atoms. The van der Waals surface area contributed by atoms with Gasteiger partial charge >= 0.3 is 0 Å². The zero-order valence-corrected chi connectivity index (χ0v) is 8.26. The highest BCUT2D eigenvalue weighted by Gasteiger charge is 2.13. The topological polar surface area (TPSA) is 86.5 Å². The van der Waals surface area contributed by atoms with Crippen LogP contribution >= 0.6 is 11.6 Å². The van der Waals surface area contributed by atoms with Crippen LogP contribution in [0.2, 0.25) is 5.15 Å². The Morgan fingerprint density at radius 2 is 2.14 bits per heavy atom. The van der Waals surface area contributed by atoms with Gasteiger partial charge in [0.25, 0.3) is 0 Å². The third kappa shape index (κ3) is 1.61. The first kappa shape index (κ1) is 10.3. The van der Waals surface area contributed by atoms with Crippen molar-refractivity contribution in [2.24, 2.45) is 0 Å². The van der Waals surface area contributed by atoms with Crippen LogP contribution in [0, 0.1) is 29.6 Å². The van der Waals surface area contributed by atoms with E-state index >= 15 is 0 Å². The van der Waals surface area contributed by atoms with Gasteiger partial charge in [-0.2, -0.15) is 10.5 Å². The Kier molecular flexibility index (Phi) is 2.91. The lowest BCUT2D eigenvalue weighted by molar-refractivity contribution is 1.15. The van der Waals surface area contributed by atoms with E-state index in [1.165, 1.54) is 0 Å². The summed E-state index contributed by atoms with van der Waals surface area (Å²) < 4.78 is 0. The Hall–Kier alpha value is -1.78. The maximum atomic E-state index is 8.82. The summed E-state index contributed by atoms with van der Waals surface area (Å²) in [6, 6.07) is 3.88. The zero-order valence-electron chi connectivity index (χ0n) is 7.50. The van der Waals surface area contributed by atoms with E-state index in [0.29, 0.717) is 11.1 Å². The molecule has 70 valence electrons. The third-order valence-corrected chi connectivity index (χ3v) is 2.20. The van der Waals surface area contributed by atoms with E-state index in [4.69, 9.17) is 27.9 Å². The van der Waals surface area contributed by atoms with Gasteiger partial charge in [0.05, 0.1) is 18.1 Å². The highest BCUT2D eigenvalue weighted by atomic mass is 35.5. The number of nitriles is 2. The average molecular weight is 207 g/mol. The molecule has 2 N–H and O–H groups in total. The van der Waals surface area contributed by atoms with Crippen molar-refractivity contribution in [3.05, 3.63) is 21.8 Å². The van der Waals surface area contributed by atoms with Crippen molar-refractivity contribution in [2.75, 3.05) is 5.73 Å². The van der Waals surface area contributed by atoms with Gasteiger partial charge in [-0.3, -0.25) is 0 Å². The third-order valence-electron chi connectivity index (χ3n) is 1.93. The molecule has 0 saturated heterocycles. The van der Waals surface area contributed by atoms with Crippen molar-refractivity contribution in [2.45, 2.75) is 13.3 Å². The molecule has 1 aromatic rings. The molecule has 1 aromatic heterocycles. The molecule has 0 amide bonds. The number of hydrogen-bond acceptors (Lipinski definition) is 4. The van der Waals surface area contributed by atoms with Crippen LogP contribution < -0.4 is 5.73 Å². The summed E-state index contributed by atoms with van der Waals surface area (Å²) in [6.07, 6.45) is 0.112. The Labute approximate surface area is 86.5 Å². The van der Waals surface area contributed by atoms with Gasteiger partial charge in [0.1, 0.15) is 17.0 Å². The number of nitrogens with zero attached hydrogens (tertiary/aromatic N) is 3. The number of nitrogens with two attached hydrogens (primary N) is 1. The summed E-state index contributed by atoms with van der Waals surface area (Å²) in [5.74, 6) is 0.263. The summed E-state index contributed by atoms with van der Waals surface area (Å²) in [4.78, 5) is 3.80. The number of aromatic nitrogens is 1. The molecule has 0 radical (unpaired) electrons. The second-order valence-corrected chi connectivity index (χ2v) is 3.07. The predicted octanol–water partition coefficient (Wildman–Crippen LogP) is 1.56. The summed E-state index contributed by atoms with van der Waals surface area (Å²) in [6.45, 7) is 1.71. The largest absolute Gasteiger partial charge is 0.383 e. The van der Waals surface area contributed by atoms with Crippen molar-refractivity contribution in [3.8, 4) is 12.1 Å². The molecule has 0 unspecified atom stereocenters. The van der Waals surface area contributed by atoms with Crippen molar-refractivity contribution in [1.82, 2.24) is 4.98 Å². The lowest BCUT2D eigenvalue weighted by Gasteiger charge is -2.07. The molecule has 5 heteroatoms. The van der Waals surface area contributed by atoms with E-state index < -0.39 is 0 Å². The summed E-state index contributed by atoms with van der Waals surface area (Å²) in [7, 11) is 0. The Balaban J connectivity index is 3.51. The van der Waals surface area contributed by atoms with Gasteiger partial charge in [-0.1, -0.05) is 11.6 Å². The molecular formula is C9H7ClN4. The first-order valence-corrected chi connectivity index (χ1v) is 4.21. The van der Waals surface area contributed by atoms with E-state index in [-0.39, 0.29) is 23.0 Å². The zero-order chi connectivity index (χ0) is 10.7. The molecule has 0 aliphatic rings. The van der Waals surface area contributed by atoms with Crippen molar-refractivity contribution in [1.29, 1.82) is 10.5 Å². The molecular weight excluding hydrogens is 200 g/mol. The molecule has 0 aliphatic heterocycles. The van der Waals surface area contributed by atoms with Crippen LogP contribution in [-0.2, 0) is 6.42 Å². The van der Waals surface area contributed by atoms with Crippen LogP contribution in [-0.4, -0.2) is 4.98 Å². The first-order chi connectivity index (χ1) is 6.61. The minimum absolute atomic E-state index is 0.0563. The SMILES string of the molecule is Cc1c(N)nc(Cl)c(C#N)c1CC#N. The molecule has 0 aliphatic carbocycles. The first-order valence-electron chi connectivity index (χ1n) is 3.83. The fourth-order valence-corrected chi connectivity index (χ4v) is 1.37. The number of rotatable bonds is 1. The van der Waals surface area contributed by atoms with Crippen molar-refractivity contribution < 1.29 is 0 Å². The van der Waals surface area contributed by atoms with Crippen LogP contribution in [0.3, 0.4) is 0 Å². The number of hydrogen-bond donors (Lipinski definition) is 1. The lowest BCUT2D eigenvalue weighted by atomic mass is 10.0. The van der Waals surface area contributed by atoms with E-state index in [0.717, 1.165) is 0 Å². The standard InChI is InChI=1S/C9H7ClN4/c1-5-6(2-3-11)7(4-12)8(10)14-9(5)13/h2H2,1H3,(H2,13,14). The molecule has 4 nitrogen and oxygen atoms in total. The van der Waals surface area contributed by atoms with E-state index in [1.54, 1.807) is 6.92 Å². The predicted molar refractivity (Wildman–Crippen MR) is 52.4 cm³/mol. The van der Waals surface area contributed by atoms with E-state index in [9.17, 15) is 0 Å². The van der Waals surface area contributed by atoms with Gasteiger partial charge in [-0.05, 0) is 18.1 Å². The van der Waals surface area contributed by atoms with Crippen LogP contribution in [0.5, 0.6) is 0 Å². The minimum Gasteiger partial charge on any atom is -0.383 e. The van der Waals surface area contributed by atoms with Gasteiger partial charge in [-0.15, -0.1) is 0 Å². The van der Waals surface area contributed by atoms with Crippen molar-refractivity contribution in [3.63, 3.8) is 0 Å². The quantitative estimate of drug-likeness (QED) is 0.707. The summed E-state index contributed by atoms with van der Waals surface area (Å²) in [5.41, 5.74) is 7.01. The molecule has 0 saturated carbocycles. The summed E-state index contributed by atoms with van der Waals surface area (Å²) in [5, 5.41) is 17.5. The van der Waals surface area contributed by atoms with Crippen molar-refractivity contribution >= 4 is 17.4 Å². The van der Waals surface area contributed by atoms with Gasteiger partial charge in [0.2, 0.25) is 0 Å². The summed E-state index contributed by atoms with van der Waals surface area (Å²) >= 11 is 5.72. The second kappa shape index (κ2) is 3.95.